The van der Waals surface area contributed by atoms with Crippen molar-refractivity contribution in [2.45, 2.75) is 6.92 Å². The van der Waals surface area contributed by atoms with Crippen LogP contribution in [0, 0.1) is 5.82 Å². The zero-order valence-electron chi connectivity index (χ0n) is 8.70. The molecule has 1 aromatic rings. The number of carbonyl (C=O) groups is 2. The Balaban J connectivity index is 3.42. The minimum Gasteiger partial charge on any atom is -0.507 e. The number of benzene rings is 1. The van der Waals surface area contributed by atoms with Crippen LogP contribution in [0.1, 0.15) is 17.3 Å². The third-order valence-corrected chi connectivity index (χ3v) is 1.88. The molecule has 6 heteroatoms. The molecule has 0 aromatic heterocycles. The van der Waals surface area contributed by atoms with Crippen LogP contribution >= 0.6 is 0 Å². The highest BCUT2D eigenvalue weighted by Gasteiger charge is 2.19. The number of phenols is 1. The number of hydrogen-bond acceptors (Lipinski definition) is 4. The molecule has 0 radical (unpaired) electrons. The van der Waals surface area contributed by atoms with E-state index in [9.17, 15) is 19.1 Å². The lowest BCUT2D eigenvalue weighted by molar-refractivity contribution is -0.114. The monoisotopic (exact) mass is 227 g/mol. The third kappa shape index (κ3) is 2.10. The van der Waals surface area contributed by atoms with Crippen molar-refractivity contribution in [3.63, 3.8) is 0 Å². The maximum absolute atomic E-state index is 13.7. The van der Waals surface area contributed by atoms with Crippen LogP contribution in [0.25, 0.3) is 0 Å². The number of halogens is 1. The van der Waals surface area contributed by atoms with Crippen molar-refractivity contribution >= 4 is 17.9 Å². The fraction of sp³-hybridized carbons (Fsp3) is 0.200. The summed E-state index contributed by atoms with van der Waals surface area (Å²) in [5, 5.41) is 11.5. The van der Waals surface area contributed by atoms with Gasteiger partial charge >= 0.3 is 0 Å². The van der Waals surface area contributed by atoms with Crippen LogP contribution in [0.3, 0.4) is 0 Å². The summed E-state index contributed by atoms with van der Waals surface area (Å²) in [6, 6.07) is 1.05. The van der Waals surface area contributed by atoms with Gasteiger partial charge in [-0.2, -0.15) is 0 Å². The summed E-state index contributed by atoms with van der Waals surface area (Å²) in [6.45, 7) is 1.19. The Morgan fingerprint density at radius 1 is 1.62 bits per heavy atom. The van der Waals surface area contributed by atoms with Crippen molar-refractivity contribution in [2.24, 2.45) is 0 Å². The van der Waals surface area contributed by atoms with Gasteiger partial charge in [0.05, 0.1) is 12.7 Å². The van der Waals surface area contributed by atoms with E-state index >= 15 is 0 Å². The Morgan fingerprint density at radius 3 is 2.69 bits per heavy atom. The molecule has 0 saturated heterocycles. The average Bonchev–Trinajstić information content (AvgIpc) is 2.22. The molecule has 0 aliphatic rings. The summed E-state index contributed by atoms with van der Waals surface area (Å²) in [7, 11) is 1.25. The van der Waals surface area contributed by atoms with Crippen LogP contribution in [-0.2, 0) is 4.79 Å². The standard InChI is InChI=1S/C10H10FNO4/c1-5(14)12-10-8(16-2)3-7(15)6(4-13)9(10)11/h3-4,15H,1-2H3,(H,12,14). The van der Waals surface area contributed by atoms with E-state index < -0.39 is 23.0 Å². The molecule has 1 amide bonds. The third-order valence-electron chi connectivity index (χ3n) is 1.88. The van der Waals surface area contributed by atoms with Gasteiger partial charge in [0, 0.05) is 13.0 Å². The largest absolute Gasteiger partial charge is 0.507 e. The molecule has 5 nitrogen and oxygen atoms in total. The van der Waals surface area contributed by atoms with Crippen LogP contribution in [0.5, 0.6) is 11.5 Å². The lowest BCUT2D eigenvalue weighted by Crippen LogP contribution is -2.10. The number of nitrogens with one attached hydrogen (secondary N) is 1. The van der Waals surface area contributed by atoms with Crippen molar-refractivity contribution in [3.05, 3.63) is 17.4 Å². The number of rotatable bonds is 3. The van der Waals surface area contributed by atoms with Crippen molar-refractivity contribution < 1.29 is 23.8 Å². The predicted octanol–water partition coefficient (Wildman–Crippen LogP) is 1.31. The van der Waals surface area contributed by atoms with E-state index in [0.717, 1.165) is 6.07 Å². The number of aldehydes is 1. The molecule has 0 saturated carbocycles. The molecule has 0 aliphatic carbocycles. The minimum atomic E-state index is -1.03. The van der Waals surface area contributed by atoms with E-state index in [1.807, 2.05) is 0 Å². The Labute approximate surface area is 90.8 Å². The van der Waals surface area contributed by atoms with Crippen LogP contribution in [-0.4, -0.2) is 24.4 Å². The van der Waals surface area contributed by atoms with Gasteiger partial charge in [-0.25, -0.2) is 4.39 Å². The molecule has 86 valence electrons. The second-order valence-electron chi connectivity index (χ2n) is 3.00. The van der Waals surface area contributed by atoms with E-state index in [1.165, 1.54) is 14.0 Å². The topological polar surface area (TPSA) is 75.6 Å². The molecule has 0 heterocycles. The van der Waals surface area contributed by atoms with Crippen molar-refractivity contribution in [2.75, 3.05) is 12.4 Å². The average molecular weight is 227 g/mol. The van der Waals surface area contributed by atoms with Gasteiger partial charge in [-0.3, -0.25) is 9.59 Å². The molecule has 1 aromatic carbocycles. The summed E-state index contributed by atoms with van der Waals surface area (Å²) in [6.07, 6.45) is 0.162. The SMILES string of the molecule is COc1cc(O)c(C=O)c(F)c1NC(C)=O. The number of carbonyl (C=O) groups excluding carboxylic acids is 2. The molecular formula is C10H10FNO4. The normalized spacial score (nSPS) is 9.69. The zero-order valence-corrected chi connectivity index (χ0v) is 8.70. The first-order valence-corrected chi connectivity index (χ1v) is 4.33. The Kier molecular flexibility index (Phi) is 3.44. The van der Waals surface area contributed by atoms with Gasteiger partial charge in [-0.1, -0.05) is 0 Å². The van der Waals surface area contributed by atoms with Gasteiger partial charge in [-0.05, 0) is 0 Å². The molecule has 0 atom stereocenters. The predicted molar refractivity (Wildman–Crippen MR) is 54.3 cm³/mol. The molecular weight excluding hydrogens is 217 g/mol. The number of aromatic hydroxyl groups is 1. The summed E-state index contributed by atoms with van der Waals surface area (Å²) < 4.78 is 18.4. The van der Waals surface area contributed by atoms with Crippen LogP contribution in [0.4, 0.5) is 10.1 Å². The molecule has 0 unspecified atom stereocenters. The first-order valence-electron chi connectivity index (χ1n) is 4.33. The number of amides is 1. The maximum Gasteiger partial charge on any atom is 0.221 e. The summed E-state index contributed by atoms with van der Waals surface area (Å²) in [4.78, 5) is 21.4. The fourth-order valence-electron chi connectivity index (χ4n) is 1.19. The first-order chi connectivity index (χ1) is 7.51. The fourth-order valence-corrected chi connectivity index (χ4v) is 1.19. The van der Waals surface area contributed by atoms with E-state index in [4.69, 9.17) is 4.74 Å². The Hall–Kier alpha value is -2.11. The highest BCUT2D eigenvalue weighted by molar-refractivity contribution is 5.93. The number of phenolic OH excluding ortho intramolecular Hbond substituents is 1. The number of anilines is 1. The van der Waals surface area contributed by atoms with E-state index in [-0.39, 0.29) is 17.7 Å². The summed E-state index contributed by atoms with van der Waals surface area (Å²) >= 11 is 0. The smallest absolute Gasteiger partial charge is 0.221 e. The van der Waals surface area contributed by atoms with Gasteiger partial charge in [0.25, 0.3) is 0 Å². The van der Waals surface area contributed by atoms with Crippen LogP contribution in [0.2, 0.25) is 0 Å². The molecule has 0 aliphatic heterocycles. The lowest BCUT2D eigenvalue weighted by atomic mass is 10.1. The molecule has 2 N–H and O–H groups in total. The van der Waals surface area contributed by atoms with Crippen molar-refractivity contribution in [1.29, 1.82) is 0 Å². The number of ether oxygens (including phenoxy) is 1. The summed E-state index contributed by atoms with van der Waals surface area (Å²) in [5.41, 5.74) is -0.792. The van der Waals surface area contributed by atoms with E-state index in [2.05, 4.69) is 5.32 Å². The Bertz CT molecular complexity index is 445. The number of hydrogen-bond donors (Lipinski definition) is 2. The van der Waals surface area contributed by atoms with Crippen molar-refractivity contribution in [1.82, 2.24) is 0 Å². The van der Waals surface area contributed by atoms with Gasteiger partial charge in [-0.15, -0.1) is 0 Å². The molecule has 0 bridgehead atoms. The van der Waals surface area contributed by atoms with Crippen LogP contribution < -0.4 is 10.1 Å². The lowest BCUT2D eigenvalue weighted by Gasteiger charge is -2.12. The first kappa shape index (κ1) is 12.0. The van der Waals surface area contributed by atoms with Crippen LogP contribution in [0.15, 0.2) is 6.07 Å². The van der Waals surface area contributed by atoms with Gasteiger partial charge in [0.1, 0.15) is 17.2 Å². The van der Waals surface area contributed by atoms with E-state index in [1.54, 1.807) is 0 Å². The Morgan fingerprint density at radius 2 is 2.25 bits per heavy atom. The van der Waals surface area contributed by atoms with Gasteiger partial charge in [0.2, 0.25) is 5.91 Å². The summed E-state index contributed by atoms with van der Waals surface area (Å²) in [5.74, 6) is -2.14. The highest BCUT2D eigenvalue weighted by Crippen LogP contribution is 2.35. The second kappa shape index (κ2) is 4.61. The van der Waals surface area contributed by atoms with E-state index in [0.29, 0.717) is 0 Å². The maximum atomic E-state index is 13.7. The molecule has 1 rings (SSSR count). The van der Waals surface area contributed by atoms with Gasteiger partial charge < -0.3 is 15.2 Å². The molecule has 16 heavy (non-hydrogen) atoms. The minimum absolute atomic E-state index is 0.0594. The van der Waals surface area contributed by atoms with Crippen molar-refractivity contribution in [3.8, 4) is 11.5 Å². The van der Waals surface area contributed by atoms with Gasteiger partial charge in [0.15, 0.2) is 12.1 Å². The quantitative estimate of drug-likeness (QED) is 0.603. The molecule has 0 fully saturated rings. The number of methoxy groups -OCH3 is 1. The zero-order chi connectivity index (χ0) is 12.3. The highest BCUT2D eigenvalue weighted by atomic mass is 19.1. The second-order valence-corrected chi connectivity index (χ2v) is 3.00. The molecule has 0 spiro atoms.